The Balaban J connectivity index is 1.40. The second-order valence-electron chi connectivity index (χ2n) is 10.0. The van der Waals surface area contributed by atoms with Crippen molar-refractivity contribution in [2.75, 3.05) is 31.6 Å². The Hall–Kier alpha value is -3.95. The third-order valence-electron chi connectivity index (χ3n) is 7.62. The number of aromatic amines is 1. The summed E-state index contributed by atoms with van der Waals surface area (Å²) >= 11 is 0. The van der Waals surface area contributed by atoms with Crippen LogP contribution < -0.4 is 4.90 Å². The molecule has 37 heavy (non-hydrogen) atoms. The summed E-state index contributed by atoms with van der Waals surface area (Å²) in [6, 6.07) is 12.9. The van der Waals surface area contributed by atoms with Crippen molar-refractivity contribution >= 4 is 23.1 Å². The van der Waals surface area contributed by atoms with E-state index in [9.17, 15) is 4.79 Å². The molecule has 2 aromatic heterocycles. The normalized spacial score (nSPS) is 16.6. The number of piperidine rings is 1. The van der Waals surface area contributed by atoms with Crippen molar-refractivity contribution in [3.63, 3.8) is 0 Å². The molecule has 2 aromatic carbocycles. The summed E-state index contributed by atoms with van der Waals surface area (Å²) in [5, 5.41) is 14.5. The van der Waals surface area contributed by atoms with Crippen molar-refractivity contribution in [1.29, 1.82) is 0 Å². The van der Waals surface area contributed by atoms with Gasteiger partial charge in [0.1, 0.15) is 0 Å². The zero-order valence-electron chi connectivity index (χ0n) is 21.4. The minimum Gasteiger partial charge on any atom is -0.453 e. The molecule has 2 aliphatic heterocycles. The molecule has 6 rings (SSSR count). The molecule has 4 aromatic rings. The average Bonchev–Trinajstić information content (AvgIpc) is 3.62. The van der Waals surface area contributed by atoms with E-state index in [1.54, 1.807) is 4.90 Å². The number of ether oxygens (including phenoxy) is 1. The van der Waals surface area contributed by atoms with Crippen LogP contribution in [0.1, 0.15) is 48.9 Å². The lowest BCUT2D eigenvalue weighted by molar-refractivity contribution is 0.119. The van der Waals surface area contributed by atoms with Gasteiger partial charge < -0.3 is 19.1 Å². The number of amides is 1. The Morgan fingerprint density at radius 1 is 1.14 bits per heavy atom. The topological polar surface area (TPSA) is 105 Å². The van der Waals surface area contributed by atoms with E-state index in [0.717, 1.165) is 54.0 Å². The predicted molar refractivity (Wildman–Crippen MR) is 140 cm³/mol. The van der Waals surface area contributed by atoms with E-state index in [1.165, 1.54) is 37.5 Å². The summed E-state index contributed by atoms with van der Waals surface area (Å²) in [6.07, 6.45) is 4.98. The summed E-state index contributed by atoms with van der Waals surface area (Å²) < 4.78 is 7.42. The van der Waals surface area contributed by atoms with Crippen LogP contribution in [0.15, 0.2) is 36.4 Å². The lowest BCUT2D eigenvalue weighted by atomic mass is 9.98. The minimum absolute atomic E-state index is 0.167. The van der Waals surface area contributed by atoms with E-state index in [0.29, 0.717) is 18.9 Å². The fraction of sp³-hybridized carbons (Fsp3) is 0.444. The number of carbonyl (C=O) groups is 1. The Morgan fingerprint density at radius 2 is 2.00 bits per heavy atom. The Bertz CT molecular complexity index is 1410. The number of tetrazole rings is 1. The molecule has 0 bridgehead atoms. The van der Waals surface area contributed by atoms with Crippen molar-refractivity contribution in [2.24, 2.45) is 0 Å². The molecule has 192 valence electrons. The van der Waals surface area contributed by atoms with E-state index >= 15 is 0 Å². The number of imidazole rings is 1. The van der Waals surface area contributed by atoms with Gasteiger partial charge in [0.15, 0.2) is 0 Å². The molecule has 10 heteroatoms. The van der Waals surface area contributed by atoms with E-state index in [4.69, 9.17) is 9.72 Å². The highest BCUT2D eigenvalue weighted by molar-refractivity contribution is 5.84. The summed E-state index contributed by atoms with van der Waals surface area (Å²) in [5.41, 5.74) is 6.67. The third kappa shape index (κ3) is 4.41. The standard InChI is InChI=1S/C27H32N8O2/c1-18(15-19-7-6-8-21(16-19)25-29-31-32-30-25)35-23-10-9-20-11-14-34(27(36)37-2)17-22(20)24(23)28-26(35)33-12-4-3-5-13-33/h6-10,16,18H,3-5,11-15,17H2,1-2H3,(H,29,30,31,32)/t18-/m0/s1. The van der Waals surface area contributed by atoms with Gasteiger partial charge in [0.2, 0.25) is 11.8 Å². The molecular weight excluding hydrogens is 468 g/mol. The summed E-state index contributed by atoms with van der Waals surface area (Å²) in [5.74, 6) is 1.62. The van der Waals surface area contributed by atoms with Crippen LogP contribution in [0.25, 0.3) is 22.4 Å². The molecule has 0 unspecified atom stereocenters. The number of nitrogens with zero attached hydrogens (tertiary/aromatic N) is 7. The minimum atomic E-state index is -0.284. The number of anilines is 1. The molecule has 10 nitrogen and oxygen atoms in total. The van der Waals surface area contributed by atoms with Crippen molar-refractivity contribution in [3.8, 4) is 11.4 Å². The van der Waals surface area contributed by atoms with Crippen LogP contribution in [0.4, 0.5) is 10.7 Å². The number of aromatic nitrogens is 6. The number of rotatable bonds is 5. The number of hydrogen-bond acceptors (Lipinski definition) is 7. The Kier molecular flexibility index (Phi) is 6.23. The summed E-state index contributed by atoms with van der Waals surface area (Å²) in [4.78, 5) is 21.8. The smallest absolute Gasteiger partial charge is 0.409 e. The zero-order valence-corrected chi connectivity index (χ0v) is 21.4. The van der Waals surface area contributed by atoms with Gasteiger partial charge in [-0.2, -0.15) is 5.21 Å². The van der Waals surface area contributed by atoms with Crippen molar-refractivity contribution in [2.45, 2.75) is 51.6 Å². The highest BCUT2D eigenvalue weighted by atomic mass is 16.5. The SMILES string of the molecule is COC(=O)N1CCc2ccc3c(nc(N4CCCCC4)n3[C@@H](C)Cc3cccc(-c4nn[nH]n4)c3)c2C1. The molecule has 0 aliphatic carbocycles. The molecule has 4 heterocycles. The largest absolute Gasteiger partial charge is 0.453 e. The summed E-state index contributed by atoms with van der Waals surface area (Å²) in [6.45, 7) is 5.48. The van der Waals surface area contributed by atoms with Crippen LogP contribution in [0.2, 0.25) is 0 Å². The van der Waals surface area contributed by atoms with Gasteiger partial charge in [-0.25, -0.2) is 9.78 Å². The van der Waals surface area contributed by atoms with Gasteiger partial charge in [-0.3, -0.25) is 0 Å². The van der Waals surface area contributed by atoms with Crippen LogP contribution in [-0.4, -0.2) is 67.9 Å². The maximum Gasteiger partial charge on any atom is 0.409 e. The highest BCUT2D eigenvalue weighted by Crippen LogP contribution is 2.35. The number of nitrogens with one attached hydrogen (secondary N) is 1. The molecule has 1 fully saturated rings. The quantitative estimate of drug-likeness (QED) is 0.439. The molecule has 0 radical (unpaired) electrons. The Morgan fingerprint density at radius 3 is 2.78 bits per heavy atom. The first kappa shape index (κ1) is 23.4. The maximum absolute atomic E-state index is 12.3. The van der Waals surface area contributed by atoms with Gasteiger partial charge in [-0.15, -0.1) is 10.2 Å². The number of fused-ring (bicyclic) bond motifs is 3. The molecule has 1 N–H and O–H groups in total. The van der Waals surface area contributed by atoms with Crippen LogP contribution in [0.3, 0.4) is 0 Å². The molecule has 1 saturated heterocycles. The second-order valence-corrected chi connectivity index (χ2v) is 10.0. The zero-order chi connectivity index (χ0) is 25.4. The fourth-order valence-corrected chi connectivity index (χ4v) is 5.77. The van der Waals surface area contributed by atoms with Gasteiger partial charge in [-0.05, 0) is 67.5 Å². The Labute approximate surface area is 215 Å². The maximum atomic E-state index is 12.3. The molecule has 2 aliphatic rings. The van der Waals surface area contributed by atoms with Crippen LogP contribution in [0.5, 0.6) is 0 Å². The van der Waals surface area contributed by atoms with Gasteiger partial charge in [-0.1, -0.05) is 24.3 Å². The molecule has 0 saturated carbocycles. The van der Waals surface area contributed by atoms with E-state index in [1.807, 2.05) is 12.1 Å². The van der Waals surface area contributed by atoms with E-state index < -0.39 is 0 Å². The lowest BCUT2D eigenvalue weighted by Crippen LogP contribution is -2.35. The highest BCUT2D eigenvalue weighted by Gasteiger charge is 2.28. The number of carbonyl (C=O) groups excluding carboxylic acids is 1. The first-order valence-corrected chi connectivity index (χ1v) is 13.1. The second kappa shape index (κ2) is 9.84. The van der Waals surface area contributed by atoms with Crippen molar-refractivity contribution in [3.05, 3.63) is 53.1 Å². The van der Waals surface area contributed by atoms with Crippen molar-refractivity contribution < 1.29 is 9.53 Å². The van der Waals surface area contributed by atoms with Crippen LogP contribution in [-0.2, 0) is 24.1 Å². The fourth-order valence-electron chi connectivity index (χ4n) is 5.77. The third-order valence-corrected chi connectivity index (χ3v) is 7.62. The first-order valence-electron chi connectivity index (χ1n) is 13.1. The van der Waals surface area contributed by atoms with Gasteiger partial charge in [0.05, 0.1) is 24.7 Å². The predicted octanol–water partition coefficient (Wildman–Crippen LogP) is 4.13. The van der Waals surface area contributed by atoms with E-state index in [-0.39, 0.29) is 12.1 Å². The first-order chi connectivity index (χ1) is 18.1. The van der Waals surface area contributed by atoms with Crippen LogP contribution >= 0.6 is 0 Å². The van der Waals surface area contributed by atoms with Gasteiger partial charge in [0.25, 0.3) is 0 Å². The van der Waals surface area contributed by atoms with Gasteiger partial charge >= 0.3 is 6.09 Å². The molecule has 0 spiro atoms. The number of H-pyrrole nitrogens is 1. The molecule has 1 atom stereocenters. The number of benzene rings is 2. The summed E-state index contributed by atoms with van der Waals surface area (Å²) in [7, 11) is 1.44. The molecular formula is C27H32N8O2. The molecule has 1 amide bonds. The number of hydrogen-bond donors (Lipinski definition) is 1. The van der Waals surface area contributed by atoms with Gasteiger partial charge in [0, 0.05) is 36.8 Å². The van der Waals surface area contributed by atoms with Crippen molar-refractivity contribution in [1.82, 2.24) is 35.1 Å². The van der Waals surface area contributed by atoms with E-state index in [2.05, 4.69) is 61.3 Å². The number of methoxy groups -OCH3 is 1. The van der Waals surface area contributed by atoms with Crippen LogP contribution in [0, 0.1) is 0 Å². The average molecular weight is 501 g/mol. The monoisotopic (exact) mass is 500 g/mol. The lowest BCUT2D eigenvalue weighted by Gasteiger charge is -2.30.